The summed E-state index contributed by atoms with van der Waals surface area (Å²) in [5.74, 6) is -3.75. The Hall–Kier alpha value is -2.84. The number of carboxylic acid groups (broad SMARTS) is 2. The number of halogens is 1. The molecular formula is C15H14ClN5O7S2. The third kappa shape index (κ3) is 4.06. The largest absolute Gasteiger partial charge is 0.478 e. The minimum absolute atomic E-state index is 0.0117. The Bertz CT molecular complexity index is 994. The number of β-lactam (4-membered cyclic amide) rings is 1. The Kier molecular flexibility index (Phi) is 6.19. The highest BCUT2D eigenvalue weighted by Gasteiger charge is 2.53. The van der Waals surface area contributed by atoms with Gasteiger partial charge in [0.25, 0.3) is 11.8 Å². The van der Waals surface area contributed by atoms with Crippen LogP contribution in [0.25, 0.3) is 0 Å². The minimum atomic E-state index is -1.37. The van der Waals surface area contributed by atoms with Crippen LogP contribution in [0, 0.1) is 0 Å². The van der Waals surface area contributed by atoms with Crippen LogP contribution in [0.15, 0.2) is 16.9 Å². The van der Waals surface area contributed by atoms with Crippen molar-refractivity contribution >= 4 is 69.3 Å². The average molecular weight is 476 g/mol. The lowest BCUT2D eigenvalue weighted by atomic mass is 10.0. The van der Waals surface area contributed by atoms with Crippen molar-refractivity contribution in [1.82, 2.24) is 15.2 Å². The Morgan fingerprint density at radius 1 is 1.47 bits per heavy atom. The van der Waals surface area contributed by atoms with Gasteiger partial charge in [0.05, 0.1) is 0 Å². The third-order valence-electron chi connectivity index (χ3n) is 4.04. The van der Waals surface area contributed by atoms with Gasteiger partial charge in [0.15, 0.2) is 10.8 Å². The first-order valence-corrected chi connectivity index (χ1v) is 10.4. The molecule has 3 rings (SSSR count). The smallest absolute Gasteiger partial charge is 0.352 e. The van der Waals surface area contributed by atoms with Crippen LogP contribution in [0.4, 0.5) is 5.13 Å². The predicted octanol–water partition coefficient (Wildman–Crippen LogP) is -0.0591. The first-order chi connectivity index (χ1) is 14.1. The second kappa shape index (κ2) is 8.49. The van der Waals surface area contributed by atoms with E-state index in [0.717, 1.165) is 16.2 Å². The molecular weight excluding hydrogens is 462 g/mol. The Labute approximate surface area is 181 Å². The van der Waals surface area contributed by atoms with Crippen LogP contribution in [-0.2, 0) is 24.0 Å². The zero-order chi connectivity index (χ0) is 22.2. The molecule has 0 aromatic carbocycles. The Morgan fingerprint density at radius 2 is 2.17 bits per heavy atom. The first-order valence-electron chi connectivity index (χ1n) is 8.19. The van der Waals surface area contributed by atoms with Gasteiger partial charge in [-0.1, -0.05) is 28.1 Å². The monoisotopic (exact) mass is 475 g/mol. The van der Waals surface area contributed by atoms with E-state index in [4.69, 9.17) is 27.3 Å². The predicted molar refractivity (Wildman–Crippen MR) is 107 cm³/mol. The van der Waals surface area contributed by atoms with Crippen LogP contribution in [0.1, 0.15) is 12.6 Å². The molecule has 1 aromatic rings. The standard InChI is InChI=1S/C15H14ClN5O7S2/c1-4(13(24)25)28-20-7(6-9(16)30-15(17)19-6)10(22)18-8-11(23)21-5(14(26)27)2-3-29-12(8)21/h2,4,8,12H,3H2,1H3,(H2,17,19)(H,18,22)(H,24,25)(H,26,27)/t4?,8?,12-/m1/s1. The van der Waals surface area contributed by atoms with E-state index in [1.54, 1.807) is 0 Å². The highest BCUT2D eigenvalue weighted by molar-refractivity contribution is 8.00. The van der Waals surface area contributed by atoms with Gasteiger partial charge in [0, 0.05) is 5.75 Å². The molecule has 5 N–H and O–H groups in total. The molecule has 0 saturated carbocycles. The second-order valence-electron chi connectivity index (χ2n) is 5.98. The van der Waals surface area contributed by atoms with Crippen LogP contribution in [-0.4, -0.2) is 72.8 Å². The van der Waals surface area contributed by atoms with E-state index >= 15 is 0 Å². The maximum Gasteiger partial charge on any atom is 0.352 e. The van der Waals surface area contributed by atoms with Crippen molar-refractivity contribution in [2.24, 2.45) is 5.16 Å². The number of nitrogen functional groups attached to an aromatic ring is 1. The van der Waals surface area contributed by atoms with Crippen LogP contribution < -0.4 is 11.1 Å². The summed E-state index contributed by atoms with van der Waals surface area (Å²) in [7, 11) is 0. The van der Waals surface area contributed by atoms with Crippen molar-refractivity contribution in [2.75, 3.05) is 11.5 Å². The van der Waals surface area contributed by atoms with Crippen LogP contribution in [0.3, 0.4) is 0 Å². The van der Waals surface area contributed by atoms with Crippen LogP contribution in [0.2, 0.25) is 4.34 Å². The van der Waals surface area contributed by atoms with Crippen molar-refractivity contribution < 1.29 is 34.2 Å². The summed E-state index contributed by atoms with van der Waals surface area (Å²) in [5, 5.41) is 23.6. The van der Waals surface area contributed by atoms with Gasteiger partial charge >= 0.3 is 11.9 Å². The molecule has 2 amide bonds. The molecule has 3 atom stereocenters. The van der Waals surface area contributed by atoms with Crippen molar-refractivity contribution in [1.29, 1.82) is 0 Å². The summed E-state index contributed by atoms with van der Waals surface area (Å²) in [6, 6.07) is -1.03. The zero-order valence-electron chi connectivity index (χ0n) is 15.1. The molecule has 160 valence electrons. The maximum atomic E-state index is 12.8. The normalized spacial score (nSPS) is 21.8. The molecule has 1 fully saturated rings. The topological polar surface area (TPSA) is 185 Å². The number of aliphatic carboxylic acids is 2. The lowest BCUT2D eigenvalue weighted by Gasteiger charge is -2.48. The first kappa shape index (κ1) is 21.9. The number of hydrogen-bond acceptors (Lipinski definition) is 10. The SMILES string of the molecule is CC(ON=C(C(=O)NC1C(=O)N2C(C(=O)O)=CCS[C@H]12)c1nc(N)sc1Cl)C(=O)O. The average Bonchev–Trinajstić information content (AvgIpc) is 3.02. The number of oxime groups is 1. The molecule has 0 spiro atoms. The molecule has 0 aliphatic carbocycles. The molecule has 15 heteroatoms. The molecule has 2 unspecified atom stereocenters. The highest BCUT2D eigenvalue weighted by Crippen LogP contribution is 2.37. The number of thiazole rings is 1. The molecule has 2 aliphatic rings. The number of nitrogens with two attached hydrogens (primary N) is 1. The highest BCUT2D eigenvalue weighted by atomic mass is 35.5. The number of amides is 2. The van der Waals surface area contributed by atoms with E-state index in [2.05, 4.69) is 15.5 Å². The van der Waals surface area contributed by atoms with E-state index in [1.165, 1.54) is 24.8 Å². The van der Waals surface area contributed by atoms with Crippen molar-refractivity contribution in [3.63, 3.8) is 0 Å². The molecule has 3 heterocycles. The fraction of sp³-hybridized carbons (Fsp3) is 0.333. The fourth-order valence-electron chi connectivity index (χ4n) is 2.58. The minimum Gasteiger partial charge on any atom is -0.478 e. The van der Waals surface area contributed by atoms with Gasteiger partial charge in [-0.2, -0.15) is 0 Å². The van der Waals surface area contributed by atoms with Gasteiger partial charge in [-0.05, 0) is 13.0 Å². The van der Waals surface area contributed by atoms with Crippen LogP contribution in [0.5, 0.6) is 0 Å². The maximum absolute atomic E-state index is 12.8. The summed E-state index contributed by atoms with van der Waals surface area (Å²) in [6.45, 7) is 1.20. The molecule has 0 radical (unpaired) electrons. The summed E-state index contributed by atoms with van der Waals surface area (Å²) in [6.07, 6.45) is 0.0335. The molecule has 1 aromatic heterocycles. The third-order valence-corrected chi connectivity index (χ3v) is 6.31. The summed E-state index contributed by atoms with van der Waals surface area (Å²) in [5.41, 5.74) is 4.82. The summed E-state index contributed by atoms with van der Waals surface area (Å²) < 4.78 is 0.0117. The molecule has 30 heavy (non-hydrogen) atoms. The van der Waals surface area contributed by atoms with Gasteiger partial charge in [0.1, 0.15) is 27.1 Å². The fourth-order valence-corrected chi connectivity index (χ4v) is 4.70. The zero-order valence-corrected chi connectivity index (χ0v) is 17.5. The van der Waals surface area contributed by atoms with E-state index in [0.29, 0.717) is 5.75 Å². The van der Waals surface area contributed by atoms with E-state index in [-0.39, 0.29) is 20.9 Å². The molecule has 1 saturated heterocycles. The van der Waals surface area contributed by atoms with Gasteiger partial charge in [-0.25, -0.2) is 14.6 Å². The van der Waals surface area contributed by atoms with E-state index < -0.39 is 47.0 Å². The number of carbonyl (C=O) groups is 4. The summed E-state index contributed by atoms with van der Waals surface area (Å²) in [4.78, 5) is 57.3. The number of carbonyl (C=O) groups excluding carboxylic acids is 2. The van der Waals surface area contributed by atoms with Crippen molar-refractivity contribution in [2.45, 2.75) is 24.4 Å². The number of carboxylic acids is 2. The van der Waals surface area contributed by atoms with Gasteiger partial charge in [-0.15, -0.1) is 11.8 Å². The van der Waals surface area contributed by atoms with Gasteiger partial charge < -0.3 is 26.1 Å². The van der Waals surface area contributed by atoms with Crippen molar-refractivity contribution in [3.05, 3.63) is 21.8 Å². The number of nitrogens with zero attached hydrogens (tertiary/aromatic N) is 3. The van der Waals surface area contributed by atoms with Crippen molar-refractivity contribution in [3.8, 4) is 0 Å². The lowest BCUT2D eigenvalue weighted by Crippen LogP contribution is -2.70. The van der Waals surface area contributed by atoms with E-state index in [1.807, 2.05) is 0 Å². The number of aromatic nitrogens is 1. The number of nitrogens with one attached hydrogen (secondary N) is 1. The van der Waals surface area contributed by atoms with Crippen LogP contribution >= 0.6 is 34.7 Å². The molecule has 12 nitrogen and oxygen atoms in total. The number of thioether (sulfide) groups is 1. The Balaban J connectivity index is 1.82. The second-order valence-corrected chi connectivity index (χ2v) is 8.76. The molecule has 2 aliphatic heterocycles. The van der Waals surface area contributed by atoms with E-state index in [9.17, 15) is 24.3 Å². The number of anilines is 1. The Morgan fingerprint density at radius 3 is 2.73 bits per heavy atom. The molecule has 0 bridgehead atoms. The number of fused-ring (bicyclic) bond motifs is 1. The summed E-state index contributed by atoms with van der Waals surface area (Å²) >= 11 is 8.16. The quantitative estimate of drug-likeness (QED) is 0.236. The number of rotatable bonds is 7. The lowest BCUT2D eigenvalue weighted by molar-refractivity contribution is -0.150. The van der Waals surface area contributed by atoms with Gasteiger partial charge in [0.2, 0.25) is 6.10 Å². The van der Waals surface area contributed by atoms with Gasteiger partial charge in [-0.3, -0.25) is 14.5 Å². The number of hydrogen-bond donors (Lipinski definition) is 4.